The highest BCUT2D eigenvalue weighted by molar-refractivity contribution is 14.1. The van der Waals surface area contributed by atoms with Crippen LogP contribution in [0.5, 0.6) is 0 Å². The highest BCUT2D eigenvalue weighted by Crippen LogP contribution is 2.28. The highest BCUT2D eigenvalue weighted by atomic mass is 127. The van der Waals surface area contributed by atoms with E-state index in [0.29, 0.717) is 12.1 Å². The molecule has 1 aromatic heterocycles. The number of hydrogen-bond acceptors (Lipinski definition) is 2. The first-order valence-electron chi connectivity index (χ1n) is 5.13. The van der Waals surface area contributed by atoms with Gasteiger partial charge in [0.25, 0.3) is 0 Å². The van der Waals surface area contributed by atoms with E-state index < -0.39 is 0 Å². The molecule has 0 spiro atoms. The Labute approximate surface area is 98.2 Å². The van der Waals surface area contributed by atoms with Gasteiger partial charge in [-0.05, 0) is 55.2 Å². The predicted octanol–water partition coefficient (Wildman–Crippen LogP) is 2.24. The topological polar surface area (TPSA) is 43.8 Å². The van der Waals surface area contributed by atoms with Gasteiger partial charge in [-0.1, -0.05) is 0 Å². The number of halogens is 1. The molecule has 0 aromatic carbocycles. The standard InChI is InChI=1S/C10H16IN3/c1-7-10(11)6-13-14(7)9-4-2-8(12)3-5-9/h6,8-9H,2-5,12H2,1H3/t8-,9-. The molecule has 1 aliphatic carbocycles. The normalized spacial score (nSPS) is 27.9. The van der Waals surface area contributed by atoms with Crippen molar-refractivity contribution in [3.05, 3.63) is 15.5 Å². The molecule has 1 aromatic rings. The summed E-state index contributed by atoms with van der Waals surface area (Å²) in [5.74, 6) is 0. The van der Waals surface area contributed by atoms with Gasteiger partial charge in [0.15, 0.2) is 0 Å². The summed E-state index contributed by atoms with van der Waals surface area (Å²) in [6.45, 7) is 2.14. The maximum atomic E-state index is 5.89. The van der Waals surface area contributed by atoms with E-state index in [-0.39, 0.29) is 0 Å². The Hall–Kier alpha value is -0.100. The van der Waals surface area contributed by atoms with Crippen LogP contribution in [-0.4, -0.2) is 15.8 Å². The van der Waals surface area contributed by atoms with Crippen molar-refractivity contribution in [2.24, 2.45) is 5.73 Å². The third kappa shape index (κ3) is 1.95. The predicted molar refractivity (Wildman–Crippen MR) is 65.2 cm³/mol. The Bertz CT molecular complexity index is 313. The third-order valence-corrected chi connectivity index (χ3v) is 4.13. The van der Waals surface area contributed by atoms with Crippen molar-refractivity contribution in [1.29, 1.82) is 0 Å². The van der Waals surface area contributed by atoms with Crippen LogP contribution in [0.4, 0.5) is 0 Å². The second kappa shape index (κ2) is 4.18. The minimum absolute atomic E-state index is 0.418. The van der Waals surface area contributed by atoms with Gasteiger partial charge in [0.2, 0.25) is 0 Å². The molecule has 0 bridgehead atoms. The summed E-state index contributed by atoms with van der Waals surface area (Å²) in [5, 5.41) is 4.43. The Morgan fingerprint density at radius 2 is 2.07 bits per heavy atom. The molecule has 0 amide bonds. The summed E-state index contributed by atoms with van der Waals surface area (Å²) in [7, 11) is 0. The quantitative estimate of drug-likeness (QED) is 0.809. The summed E-state index contributed by atoms with van der Waals surface area (Å²) < 4.78 is 3.44. The molecule has 2 N–H and O–H groups in total. The minimum Gasteiger partial charge on any atom is -0.328 e. The Kier molecular flexibility index (Phi) is 3.11. The molecular weight excluding hydrogens is 289 g/mol. The maximum absolute atomic E-state index is 5.89. The number of nitrogens with zero attached hydrogens (tertiary/aromatic N) is 2. The van der Waals surface area contributed by atoms with Crippen LogP contribution in [0.1, 0.15) is 37.4 Å². The molecule has 0 atom stereocenters. The van der Waals surface area contributed by atoms with Crippen molar-refractivity contribution in [3.63, 3.8) is 0 Å². The Balaban J connectivity index is 2.12. The molecule has 3 nitrogen and oxygen atoms in total. The highest BCUT2D eigenvalue weighted by Gasteiger charge is 2.21. The molecule has 1 aliphatic rings. The van der Waals surface area contributed by atoms with Crippen LogP contribution in [0.2, 0.25) is 0 Å². The average Bonchev–Trinajstić information content (AvgIpc) is 2.50. The van der Waals surface area contributed by atoms with Crippen molar-refractivity contribution in [2.45, 2.75) is 44.7 Å². The van der Waals surface area contributed by atoms with Gasteiger partial charge < -0.3 is 5.73 Å². The van der Waals surface area contributed by atoms with Gasteiger partial charge in [-0.25, -0.2) is 0 Å². The molecule has 1 fully saturated rings. The van der Waals surface area contributed by atoms with E-state index in [1.807, 2.05) is 6.20 Å². The van der Waals surface area contributed by atoms with Gasteiger partial charge in [0, 0.05) is 11.7 Å². The average molecular weight is 305 g/mol. The monoisotopic (exact) mass is 305 g/mol. The van der Waals surface area contributed by atoms with Crippen molar-refractivity contribution in [2.75, 3.05) is 0 Å². The van der Waals surface area contributed by atoms with E-state index in [2.05, 4.69) is 39.3 Å². The largest absolute Gasteiger partial charge is 0.328 e. The minimum atomic E-state index is 0.418. The van der Waals surface area contributed by atoms with Gasteiger partial charge in [-0.3, -0.25) is 4.68 Å². The number of rotatable bonds is 1. The maximum Gasteiger partial charge on any atom is 0.0626 e. The van der Waals surface area contributed by atoms with Crippen LogP contribution < -0.4 is 5.73 Å². The van der Waals surface area contributed by atoms with Crippen LogP contribution in [0, 0.1) is 10.5 Å². The van der Waals surface area contributed by atoms with Crippen molar-refractivity contribution < 1.29 is 0 Å². The molecule has 0 radical (unpaired) electrons. The lowest BCUT2D eigenvalue weighted by Crippen LogP contribution is -2.28. The summed E-state index contributed by atoms with van der Waals surface area (Å²) in [5.41, 5.74) is 7.18. The van der Waals surface area contributed by atoms with Crippen LogP contribution in [0.15, 0.2) is 6.20 Å². The first-order chi connectivity index (χ1) is 6.68. The zero-order valence-corrected chi connectivity index (χ0v) is 10.6. The lowest BCUT2D eigenvalue weighted by Gasteiger charge is -2.27. The number of aromatic nitrogens is 2. The SMILES string of the molecule is Cc1c(I)cnn1[C@H]1CC[C@H](N)CC1. The second-order valence-electron chi connectivity index (χ2n) is 4.09. The molecule has 78 valence electrons. The summed E-state index contributed by atoms with van der Waals surface area (Å²) in [4.78, 5) is 0. The van der Waals surface area contributed by atoms with Crippen molar-refractivity contribution >= 4 is 22.6 Å². The van der Waals surface area contributed by atoms with Crippen LogP contribution in [0.25, 0.3) is 0 Å². The zero-order valence-electron chi connectivity index (χ0n) is 8.41. The van der Waals surface area contributed by atoms with E-state index in [1.165, 1.54) is 22.1 Å². The molecule has 1 saturated carbocycles. The van der Waals surface area contributed by atoms with Crippen molar-refractivity contribution in [1.82, 2.24) is 9.78 Å². The molecule has 4 heteroatoms. The fourth-order valence-electron chi connectivity index (χ4n) is 2.12. The molecule has 1 heterocycles. The van der Waals surface area contributed by atoms with Crippen molar-refractivity contribution in [3.8, 4) is 0 Å². The fourth-order valence-corrected chi connectivity index (χ4v) is 2.49. The molecule has 0 saturated heterocycles. The van der Waals surface area contributed by atoms with Gasteiger partial charge in [-0.2, -0.15) is 5.10 Å². The smallest absolute Gasteiger partial charge is 0.0626 e. The van der Waals surface area contributed by atoms with E-state index in [0.717, 1.165) is 12.8 Å². The van der Waals surface area contributed by atoms with Gasteiger partial charge in [-0.15, -0.1) is 0 Å². The molecule has 0 aliphatic heterocycles. The van der Waals surface area contributed by atoms with Gasteiger partial charge in [0.1, 0.15) is 0 Å². The lowest BCUT2D eigenvalue weighted by molar-refractivity contribution is 0.300. The van der Waals surface area contributed by atoms with E-state index >= 15 is 0 Å². The Morgan fingerprint density at radius 3 is 2.57 bits per heavy atom. The third-order valence-electron chi connectivity index (χ3n) is 3.07. The van der Waals surface area contributed by atoms with E-state index in [1.54, 1.807) is 0 Å². The van der Waals surface area contributed by atoms with Crippen LogP contribution >= 0.6 is 22.6 Å². The molecule has 14 heavy (non-hydrogen) atoms. The first-order valence-corrected chi connectivity index (χ1v) is 6.21. The summed E-state index contributed by atoms with van der Waals surface area (Å²) >= 11 is 2.34. The van der Waals surface area contributed by atoms with E-state index in [4.69, 9.17) is 5.73 Å². The fraction of sp³-hybridized carbons (Fsp3) is 0.700. The zero-order chi connectivity index (χ0) is 10.1. The molecule has 0 unspecified atom stereocenters. The summed E-state index contributed by atoms with van der Waals surface area (Å²) in [6.07, 6.45) is 6.59. The molecular formula is C10H16IN3. The Morgan fingerprint density at radius 1 is 1.43 bits per heavy atom. The molecule has 2 rings (SSSR count). The number of hydrogen-bond donors (Lipinski definition) is 1. The van der Waals surface area contributed by atoms with Gasteiger partial charge >= 0.3 is 0 Å². The van der Waals surface area contributed by atoms with Crippen LogP contribution in [0.3, 0.4) is 0 Å². The second-order valence-corrected chi connectivity index (χ2v) is 5.25. The number of nitrogens with two attached hydrogens (primary N) is 1. The van der Waals surface area contributed by atoms with Gasteiger partial charge in [0.05, 0.1) is 15.8 Å². The first kappa shape index (κ1) is 10.4. The summed E-state index contributed by atoms with van der Waals surface area (Å²) in [6, 6.07) is 1.000. The van der Waals surface area contributed by atoms with E-state index in [9.17, 15) is 0 Å². The lowest BCUT2D eigenvalue weighted by atomic mass is 9.92. The van der Waals surface area contributed by atoms with Crippen LogP contribution in [-0.2, 0) is 0 Å².